The molecule has 110 valence electrons. The van der Waals surface area contributed by atoms with E-state index in [0.29, 0.717) is 12.6 Å². The number of hydrogen-bond acceptors (Lipinski definition) is 3. The molecule has 2 heterocycles. The van der Waals surface area contributed by atoms with Crippen LogP contribution in [0.25, 0.3) is 0 Å². The highest BCUT2D eigenvalue weighted by Gasteiger charge is 2.34. The number of fused-ring (bicyclic) bond motifs is 1. The van der Waals surface area contributed by atoms with E-state index in [1.165, 1.54) is 48.1 Å². The Bertz CT molecular complexity index is 477. The minimum Gasteiger partial charge on any atom is -0.326 e. The van der Waals surface area contributed by atoms with Gasteiger partial charge in [-0.1, -0.05) is 28.1 Å². The predicted octanol–water partition coefficient (Wildman–Crippen LogP) is 2.58. The normalized spacial score (nSPS) is 27.8. The maximum atomic E-state index is 5.70. The van der Waals surface area contributed by atoms with Crippen LogP contribution in [0, 0.1) is 0 Å². The van der Waals surface area contributed by atoms with E-state index < -0.39 is 0 Å². The third-order valence-electron chi connectivity index (χ3n) is 4.79. The molecule has 3 rings (SSSR count). The Kier molecular flexibility index (Phi) is 4.46. The summed E-state index contributed by atoms with van der Waals surface area (Å²) in [5.74, 6) is 0. The quantitative estimate of drug-likeness (QED) is 0.920. The molecule has 0 bridgehead atoms. The van der Waals surface area contributed by atoms with Crippen molar-refractivity contribution in [2.24, 2.45) is 5.73 Å². The van der Waals surface area contributed by atoms with Gasteiger partial charge in [-0.25, -0.2) is 0 Å². The summed E-state index contributed by atoms with van der Waals surface area (Å²) >= 11 is 3.70. The molecule has 0 spiro atoms. The van der Waals surface area contributed by atoms with Crippen LogP contribution in [0.15, 0.2) is 22.7 Å². The van der Waals surface area contributed by atoms with Crippen molar-refractivity contribution >= 4 is 15.9 Å². The lowest BCUT2D eigenvalue weighted by atomic mass is 10.1. The molecule has 1 aromatic carbocycles. The molecule has 2 fully saturated rings. The van der Waals surface area contributed by atoms with Gasteiger partial charge in [0.15, 0.2) is 0 Å². The second-order valence-electron chi connectivity index (χ2n) is 6.20. The van der Waals surface area contributed by atoms with Gasteiger partial charge in [-0.05, 0) is 43.5 Å². The standard InChI is InChI=1S/C16H24BrN3/c1-12-9-19-6-2-3-15(19)11-20(12)10-14-5-4-13(8-18)7-16(14)17/h4-5,7,12,15H,2-3,6,8-11,18H2,1H3. The van der Waals surface area contributed by atoms with Crippen LogP contribution in [-0.4, -0.2) is 41.5 Å². The Hall–Kier alpha value is -0.420. The van der Waals surface area contributed by atoms with Gasteiger partial charge in [0.05, 0.1) is 0 Å². The Morgan fingerprint density at radius 2 is 2.20 bits per heavy atom. The van der Waals surface area contributed by atoms with Crippen LogP contribution in [0.2, 0.25) is 0 Å². The second kappa shape index (κ2) is 6.14. The van der Waals surface area contributed by atoms with Crippen molar-refractivity contribution < 1.29 is 0 Å². The van der Waals surface area contributed by atoms with Crippen LogP contribution in [0.3, 0.4) is 0 Å². The number of nitrogens with two attached hydrogens (primary N) is 1. The van der Waals surface area contributed by atoms with Crippen molar-refractivity contribution in [1.29, 1.82) is 0 Å². The van der Waals surface area contributed by atoms with Crippen LogP contribution in [0.5, 0.6) is 0 Å². The fraction of sp³-hybridized carbons (Fsp3) is 0.625. The third kappa shape index (κ3) is 2.93. The van der Waals surface area contributed by atoms with Crippen LogP contribution in [-0.2, 0) is 13.1 Å². The molecular weight excluding hydrogens is 314 g/mol. The Morgan fingerprint density at radius 3 is 2.95 bits per heavy atom. The van der Waals surface area contributed by atoms with Crippen LogP contribution in [0.4, 0.5) is 0 Å². The summed E-state index contributed by atoms with van der Waals surface area (Å²) < 4.78 is 1.20. The molecule has 0 saturated carbocycles. The van der Waals surface area contributed by atoms with E-state index in [4.69, 9.17) is 5.73 Å². The molecular formula is C16H24BrN3. The monoisotopic (exact) mass is 337 g/mol. The third-order valence-corrected chi connectivity index (χ3v) is 5.53. The molecule has 2 atom stereocenters. The SMILES string of the molecule is CC1CN2CCCC2CN1Cc1ccc(CN)cc1Br. The first-order chi connectivity index (χ1) is 9.67. The fourth-order valence-electron chi connectivity index (χ4n) is 3.53. The minimum absolute atomic E-state index is 0.607. The number of piperazine rings is 1. The van der Waals surface area contributed by atoms with E-state index in [1.807, 2.05) is 0 Å². The number of benzene rings is 1. The first kappa shape index (κ1) is 14.5. The van der Waals surface area contributed by atoms with Crippen molar-refractivity contribution in [3.8, 4) is 0 Å². The molecule has 20 heavy (non-hydrogen) atoms. The second-order valence-corrected chi connectivity index (χ2v) is 7.05. The molecule has 2 saturated heterocycles. The summed E-state index contributed by atoms with van der Waals surface area (Å²) in [5, 5.41) is 0. The number of halogens is 1. The molecule has 2 aliphatic rings. The zero-order valence-electron chi connectivity index (χ0n) is 12.2. The van der Waals surface area contributed by atoms with E-state index in [2.05, 4.69) is 50.9 Å². The van der Waals surface area contributed by atoms with E-state index >= 15 is 0 Å². The van der Waals surface area contributed by atoms with Gasteiger partial charge in [0, 0.05) is 42.7 Å². The largest absolute Gasteiger partial charge is 0.326 e. The number of hydrogen-bond donors (Lipinski definition) is 1. The molecule has 2 unspecified atom stereocenters. The van der Waals surface area contributed by atoms with Crippen molar-refractivity contribution in [2.45, 2.75) is 44.9 Å². The zero-order valence-corrected chi connectivity index (χ0v) is 13.8. The lowest BCUT2D eigenvalue weighted by Crippen LogP contribution is -2.54. The highest BCUT2D eigenvalue weighted by molar-refractivity contribution is 9.10. The van der Waals surface area contributed by atoms with Gasteiger partial charge in [-0.15, -0.1) is 0 Å². The van der Waals surface area contributed by atoms with Crippen molar-refractivity contribution in [3.05, 3.63) is 33.8 Å². The number of rotatable bonds is 3. The van der Waals surface area contributed by atoms with Gasteiger partial charge >= 0.3 is 0 Å². The topological polar surface area (TPSA) is 32.5 Å². The van der Waals surface area contributed by atoms with Gasteiger partial charge in [-0.3, -0.25) is 9.80 Å². The van der Waals surface area contributed by atoms with E-state index in [0.717, 1.165) is 12.6 Å². The Labute approximate surface area is 130 Å². The zero-order chi connectivity index (χ0) is 14.1. The first-order valence-electron chi connectivity index (χ1n) is 7.63. The summed E-state index contributed by atoms with van der Waals surface area (Å²) in [6.07, 6.45) is 2.75. The molecule has 2 N–H and O–H groups in total. The van der Waals surface area contributed by atoms with Gasteiger partial charge < -0.3 is 5.73 Å². The van der Waals surface area contributed by atoms with Gasteiger partial charge in [-0.2, -0.15) is 0 Å². The molecule has 2 aliphatic heterocycles. The summed E-state index contributed by atoms with van der Waals surface area (Å²) in [5.41, 5.74) is 8.26. The van der Waals surface area contributed by atoms with E-state index in [9.17, 15) is 0 Å². The van der Waals surface area contributed by atoms with Gasteiger partial charge in [0.1, 0.15) is 0 Å². The Balaban J connectivity index is 1.70. The smallest absolute Gasteiger partial charge is 0.0248 e. The van der Waals surface area contributed by atoms with Crippen LogP contribution >= 0.6 is 15.9 Å². The highest BCUT2D eigenvalue weighted by Crippen LogP contribution is 2.27. The lowest BCUT2D eigenvalue weighted by molar-refractivity contribution is 0.0539. The molecule has 0 aromatic heterocycles. The average Bonchev–Trinajstić information content (AvgIpc) is 2.88. The van der Waals surface area contributed by atoms with Crippen molar-refractivity contribution in [2.75, 3.05) is 19.6 Å². The Morgan fingerprint density at radius 1 is 1.35 bits per heavy atom. The molecule has 3 nitrogen and oxygen atoms in total. The molecule has 1 aromatic rings. The van der Waals surface area contributed by atoms with E-state index in [1.54, 1.807) is 0 Å². The highest BCUT2D eigenvalue weighted by atomic mass is 79.9. The molecule has 0 amide bonds. The van der Waals surface area contributed by atoms with Gasteiger partial charge in [0.25, 0.3) is 0 Å². The van der Waals surface area contributed by atoms with Gasteiger partial charge in [0.2, 0.25) is 0 Å². The molecule has 4 heteroatoms. The van der Waals surface area contributed by atoms with Crippen molar-refractivity contribution in [3.63, 3.8) is 0 Å². The predicted molar refractivity (Wildman–Crippen MR) is 86.5 cm³/mol. The maximum Gasteiger partial charge on any atom is 0.0248 e. The average molecular weight is 338 g/mol. The minimum atomic E-state index is 0.607. The summed E-state index contributed by atoms with van der Waals surface area (Å²) in [6, 6.07) is 7.96. The lowest BCUT2D eigenvalue weighted by Gasteiger charge is -2.42. The van der Waals surface area contributed by atoms with Crippen LogP contribution < -0.4 is 5.73 Å². The number of nitrogens with zero attached hydrogens (tertiary/aromatic N) is 2. The molecule has 0 radical (unpaired) electrons. The summed E-state index contributed by atoms with van der Waals surface area (Å²) in [6.45, 7) is 7.75. The molecule has 0 aliphatic carbocycles. The fourth-order valence-corrected chi connectivity index (χ4v) is 4.08. The summed E-state index contributed by atoms with van der Waals surface area (Å²) in [7, 11) is 0. The summed E-state index contributed by atoms with van der Waals surface area (Å²) in [4.78, 5) is 5.31. The maximum absolute atomic E-state index is 5.70. The van der Waals surface area contributed by atoms with E-state index in [-0.39, 0.29) is 0 Å². The van der Waals surface area contributed by atoms with Crippen LogP contribution in [0.1, 0.15) is 30.9 Å². The first-order valence-corrected chi connectivity index (χ1v) is 8.42. The van der Waals surface area contributed by atoms with Crippen molar-refractivity contribution in [1.82, 2.24) is 9.80 Å².